The van der Waals surface area contributed by atoms with E-state index in [-0.39, 0.29) is 0 Å². The van der Waals surface area contributed by atoms with Gasteiger partial charge in [-0.3, -0.25) is 4.68 Å². The topological polar surface area (TPSA) is 29.9 Å². The highest BCUT2D eigenvalue weighted by Crippen LogP contribution is 2.09. The Morgan fingerprint density at radius 1 is 1.20 bits per heavy atom. The van der Waals surface area contributed by atoms with Gasteiger partial charge >= 0.3 is 0 Å². The van der Waals surface area contributed by atoms with Crippen LogP contribution in [0.4, 0.5) is 8.78 Å². The minimum absolute atomic E-state index is 0.406. The molecule has 0 unspecified atom stereocenters. The standard InChI is InChI=1S/C15H19F2N3/c1-11-8-12(2)20(19-11)7-3-6-18-10-13-4-5-14(16)9-15(13)17/h4-5,8-9,18H,3,6-7,10H2,1-2H3. The molecule has 0 aliphatic rings. The van der Waals surface area contributed by atoms with Crippen LogP contribution in [0.2, 0.25) is 0 Å². The van der Waals surface area contributed by atoms with Crippen molar-refractivity contribution >= 4 is 0 Å². The van der Waals surface area contributed by atoms with Gasteiger partial charge in [0.25, 0.3) is 0 Å². The molecule has 0 radical (unpaired) electrons. The van der Waals surface area contributed by atoms with Gasteiger partial charge in [-0.25, -0.2) is 8.78 Å². The molecule has 0 amide bonds. The van der Waals surface area contributed by atoms with Crippen molar-refractivity contribution in [2.24, 2.45) is 0 Å². The number of nitrogens with zero attached hydrogens (tertiary/aromatic N) is 2. The van der Waals surface area contributed by atoms with Crippen LogP contribution in [0.25, 0.3) is 0 Å². The molecule has 20 heavy (non-hydrogen) atoms. The second-order valence-corrected chi connectivity index (χ2v) is 4.92. The van der Waals surface area contributed by atoms with Gasteiger partial charge in [0.2, 0.25) is 0 Å². The number of aromatic nitrogens is 2. The summed E-state index contributed by atoms with van der Waals surface area (Å²) < 4.78 is 28.1. The molecule has 0 fully saturated rings. The van der Waals surface area contributed by atoms with Crippen molar-refractivity contribution in [3.8, 4) is 0 Å². The predicted octanol–water partition coefficient (Wildman–Crippen LogP) is 2.96. The molecule has 0 spiro atoms. The van der Waals surface area contributed by atoms with Crippen molar-refractivity contribution in [2.75, 3.05) is 6.54 Å². The van der Waals surface area contributed by atoms with Gasteiger partial charge in [-0.05, 0) is 38.9 Å². The molecule has 1 heterocycles. The van der Waals surface area contributed by atoms with Crippen LogP contribution in [-0.4, -0.2) is 16.3 Å². The Morgan fingerprint density at radius 2 is 2.00 bits per heavy atom. The molecular weight excluding hydrogens is 260 g/mol. The lowest BCUT2D eigenvalue weighted by Crippen LogP contribution is -2.18. The average Bonchev–Trinajstić information content (AvgIpc) is 2.70. The molecule has 2 rings (SSSR count). The molecule has 0 aliphatic heterocycles. The van der Waals surface area contributed by atoms with Crippen molar-refractivity contribution in [1.82, 2.24) is 15.1 Å². The zero-order chi connectivity index (χ0) is 14.5. The van der Waals surface area contributed by atoms with E-state index in [9.17, 15) is 8.78 Å². The van der Waals surface area contributed by atoms with Crippen LogP contribution in [0.1, 0.15) is 23.4 Å². The Bertz CT molecular complexity index is 578. The normalized spacial score (nSPS) is 11.0. The quantitative estimate of drug-likeness (QED) is 0.824. The summed E-state index contributed by atoms with van der Waals surface area (Å²) in [5, 5.41) is 7.53. The van der Waals surface area contributed by atoms with E-state index in [0.29, 0.717) is 12.1 Å². The van der Waals surface area contributed by atoms with E-state index >= 15 is 0 Å². The number of halogens is 2. The van der Waals surface area contributed by atoms with Crippen LogP contribution in [-0.2, 0) is 13.1 Å². The summed E-state index contributed by atoms with van der Waals surface area (Å²) in [5.74, 6) is -1.05. The molecule has 3 nitrogen and oxygen atoms in total. The molecule has 0 bridgehead atoms. The molecule has 0 aliphatic carbocycles. The van der Waals surface area contributed by atoms with Crippen molar-refractivity contribution < 1.29 is 8.78 Å². The van der Waals surface area contributed by atoms with Gasteiger partial charge in [-0.1, -0.05) is 6.07 Å². The number of nitrogens with one attached hydrogen (secondary N) is 1. The number of hydrogen-bond acceptors (Lipinski definition) is 2. The third-order valence-electron chi connectivity index (χ3n) is 3.16. The van der Waals surface area contributed by atoms with Crippen LogP contribution in [0.5, 0.6) is 0 Å². The Kier molecular flexibility index (Phi) is 4.84. The smallest absolute Gasteiger partial charge is 0.130 e. The van der Waals surface area contributed by atoms with Crippen LogP contribution >= 0.6 is 0 Å². The van der Waals surface area contributed by atoms with Gasteiger partial charge in [0.05, 0.1) is 5.69 Å². The maximum absolute atomic E-state index is 13.4. The fourth-order valence-corrected chi connectivity index (χ4v) is 2.14. The highest BCUT2D eigenvalue weighted by Gasteiger charge is 2.03. The minimum Gasteiger partial charge on any atom is -0.312 e. The summed E-state index contributed by atoms with van der Waals surface area (Å²) >= 11 is 0. The highest BCUT2D eigenvalue weighted by molar-refractivity contribution is 5.18. The first kappa shape index (κ1) is 14.7. The van der Waals surface area contributed by atoms with E-state index in [4.69, 9.17) is 0 Å². The summed E-state index contributed by atoms with van der Waals surface area (Å²) in [6.07, 6.45) is 0.908. The average molecular weight is 279 g/mol. The summed E-state index contributed by atoms with van der Waals surface area (Å²) in [7, 11) is 0. The third-order valence-corrected chi connectivity index (χ3v) is 3.16. The molecular formula is C15H19F2N3. The van der Waals surface area contributed by atoms with Crippen molar-refractivity contribution in [1.29, 1.82) is 0 Å². The highest BCUT2D eigenvalue weighted by atomic mass is 19.1. The molecule has 0 atom stereocenters. The van der Waals surface area contributed by atoms with E-state index in [0.717, 1.165) is 37.0 Å². The molecule has 2 aromatic rings. The van der Waals surface area contributed by atoms with Gasteiger partial charge in [0.1, 0.15) is 11.6 Å². The lowest BCUT2D eigenvalue weighted by atomic mass is 10.2. The maximum Gasteiger partial charge on any atom is 0.130 e. The third kappa shape index (κ3) is 3.87. The number of rotatable bonds is 6. The molecule has 1 aromatic heterocycles. The predicted molar refractivity (Wildman–Crippen MR) is 74.4 cm³/mol. The van der Waals surface area contributed by atoms with E-state index in [2.05, 4.69) is 10.4 Å². The monoisotopic (exact) mass is 279 g/mol. The van der Waals surface area contributed by atoms with Crippen LogP contribution in [0, 0.1) is 25.5 Å². The van der Waals surface area contributed by atoms with Gasteiger partial charge in [0.15, 0.2) is 0 Å². The van der Waals surface area contributed by atoms with Crippen LogP contribution < -0.4 is 5.32 Å². The molecule has 0 saturated carbocycles. The zero-order valence-corrected chi connectivity index (χ0v) is 11.8. The van der Waals surface area contributed by atoms with E-state index in [1.807, 2.05) is 24.6 Å². The van der Waals surface area contributed by atoms with Gasteiger partial charge in [0, 0.05) is 30.4 Å². The summed E-state index contributed by atoms with van der Waals surface area (Å²) in [4.78, 5) is 0. The zero-order valence-electron chi connectivity index (χ0n) is 11.8. The number of benzene rings is 1. The number of hydrogen-bond donors (Lipinski definition) is 1. The largest absolute Gasteiger partial charge is 0.312 e. The summed E-state index contributed by atoms with van der Waals surface area (Å²) in [6, 6.07) is 5.70. The Labute approximate surface area is 117 Å². The van der Waals surface area contributed by atoms with E-state index in [1.54, 1.807) is 0 Å². The summed E-state index contributed by atoms with van der Waals surface area (Å²) in [5.41, 5.74) is 2.65. The van der Waals surface area contributed by atoms with Crippen molar-refractivity contribution in [3.63, 3.8) is 0 Å². The number of aryl methyl sites for hydroxylation is 3. The first-order chi connectivity index (χ1) is 9.56. The Balaban J connectivity index is 1.73. The SMILES string of the molecule is Cc1cc(C)n(CCCNCc2ccc(F)cc2F)n1. The molecule has 5 heteroatoms. The minimum atomic E-state index is -0.546. The second kappa shape index (κ2) is 6.61. The molecule has 108 valence electrons. The van der Waals surface area contributed by atoms with E-state index < -0.39 is 11.6 Å². The second-order valence-electron chi connectivity index (χ2n) is 4.92. The van der Waals surface area contributed by atoms with E-state index in [1.165, 1.54) is 12.1 Å². The Hall–Kier alpha value is -1.75. The fraction of sp³-hybridized carbons (Fsp3) is 0.400. The maximum atomic E-state index is 13.4. The van der Waals surface area contributed by atoms with Crippen LogP contribution in [0.3, 0.4) is 0 Å². The van der Waals surface area contributed by atoms with Gasteiger partial charge < -0.3 is 5.32 Å². The molecule has 1 N–H and O–H groups in total. The van der Waals surface area contributed by atoms with Gasteiger partial charge in [-0.2, -0.15) is 5.10 Å². The van der Waals surface area contributed by atoms with Crippen LogP contribution in [0.15, 0.2) is 24.3 Å². The van der Waals surface area contributed by atoms with Crippen molar-refractivity contribution in [3.05, 3.63) is 52.9 Å². The first-order valence-electron chi connectivity index (χ1n) is 6.72. The van der Waals surface area contributed by atoms with Gasteiger partial charge in [-0.15, -0.1) is 0 Å². The lowest BCUT2D eigenvalue weighted by molar-refractivity contribution is 0.521. The van der Waals surface area contributed by atoms with Crippen molar-refractivity contribution in [2.45, 2.75) is 33.4 Å². The molecule has 0 saturated heterocycles. The fourth-order valence-electron chi connectivity index (χ4n) is 2.14. The molecule has 1 aromatic carbocycles. The lowest BCUT2D eigenvalue weighted by Gasteiger charge is -2.07. The Morgan fingerprint density at radius 3 is 2.65 bits per heavy atom. The summed E-state index contributed by atoms with van der Waals surface area (Å²) in [6.45, 7) is 6.00. The first-order valence-corrected chi connectivity index (χ1v) is 6.72.